The third kappa shape index (κ3) is 2.99. The Morgan fingerprint density at radius 1 is 1.05 bits per heavy atom. The summed E-state index contributed by atoms with van der Waals surface area (Å²) in [7, 11) is 3.02. The van der Waals surface area contributed by atoms with Crippen LogP contribution in [0.15, 0.2) is 40.9 Å². The van der Waals surface area contributed by atoms with Gasteiger partial charge in [0.25, 0.3) is 0 Å². The van der Waals surface area contributed by atoms with E-state index in [1.54, 1.807) is 18.2 Å². The molecule has 0 bridgehead atoms. The number of hydrogen-bond acceptors (Lipinski definition) is 3. The molecule has 2 aromatic rings. The Bertz CT molecular complexity index is 633. The van der Waals surface area contributed by atoms with E-state index in [2.05, 4.69) is 15.9 Å². The van der Waals surface area contributed by atoms with Gasteiger partial charge in [0.1, 0.15) is 17.3 Å². The van der Waals surface area contributed by atoms with Gasteiger partial charge in [0.2, 0.25) is 0 Å². The molecular formula is C15H12BrFO3. The number of benzene rings is 2. The molecule has 0 saturated carbocycles. The number of halogens is 2. The summed E-state index contributed by atoms with van der Waals surface area (Å²) in [5.74, 6) is 0.391. The number of rotatable bonds is 4. The van der Waals surface area contributed by atoms with Gasteiger partial charge in [-0.3, -0.25) is 4.79 Å². The van der Waals surface area contributed by atoms with Crippen molar-refractivity contribution in [1.82, 2.24) is 0 Å². The van der Waals surface area contributed by atoms with Crippen molar-refractivity contribution in [2.75, 3.05) is 14.2 Å². The zero-order chi connectivity index (χ0) is 14.7. The van der Waals surface area contributed by atoms with E-state index in [1.165, 1.54) is 32.4 Å². The van der Waals surface area contributed by atoms with Gasteiger partial charge in [0, 0.05) is 21.7 Å². The van der Waals surface area contributed by atoms with E-state index < -0.39 is 5.82 Å². The van der Waals surface area contributed by atoms with Gasteiger partial charge in [0.15, 0.2) is 5.78 Å². The molecule has 0 aliphatic carbocycles. The van der Waals surface area contributed by atoms with Gasteiger partial charge in [-0.05, 0) is 46.3 Å². The third-order valence-electron chi connectivity index (χ3n) is 2.79. The molecule has 2 rings (SSSR count). The lowest BCUT2D eigenvalue weighted by Gasteiger charge is -2.09. The predicted octanol–water partition coefficient (Wildman–Crippen LogP) is 3.84. The van der Waals surface area contributed by atoms with Crippen LogP contribution in [-0.4, -0.2) is 20.0 Å². The molecule has 0 N–H and O–H groups in total. The van der Waals surface area contributed by atoms with Crippen LogP contribution in [0.25, 0.3) is 0 Å². The fraction of sp³-hybridized carbons (Fsp3) is 0.133. The van der Waals surface area contributed by atoms with Gasteiger partial charge in [-0.25, -0.2) is 4.39 Å². The Morgan fingerprint density at radius 2 is 1.65 bits per heavy atom. The fourth-order valence-electron chi connectivity index (χ4n) is 1.77. The van der Waals surface area contributed by atoms with Crippen molar-refractivity contribution in [3.8, 4) is 11.5 Å². The van der Waals surface area contributed by atoms with Crippen LogP contribution in [-0.2, 0) is 0 Å². The first kappa shape index (κ1) is 14.5. The summed E-state index contributed by atoms with van der Waals surface area (Å²) >= 11 is 3.19. The van der Waals surface area contributed by atoms with Crippen molar-refractivity contribution >= 4 is 21.7 Å². The zero-order valence-corrected chi connectivity index (χ0v) is 12.5. The molecule has 3 nitrogen and oxygen atoms in total. The quantitative estimate of drug-likeness (QED) is 0.794. The number of carbonyl (C=O) groups excluding carboxylic acids is 1. The standard InChI is InChI=1S/C15H12BrFO3/c1-19-11-5-9(6-12(8-11)20-2)15(18)13-4-3-10(17)7-14(13)16/h3-8H,1-2H3. The molecule has 20 heavy (non-hydrogen) atoms. The van der Waals surface area contributed by atoms with Gasteiger partial charge in [-0.1, -0.05) is 0 Å². The summed E-state index contributed by atoms with van der Waals surface area (Å²) in [5, 5.41) is 0. The first-order valence-corrected chi connectivity index (χ1v) is 6.57. The van der Waals surface area contributed by atoms with E-state index in [9.17, 15) is 9.18 Å². The minimum atomic E-state index is -0.406. The number of methoxy groups -OCH3 is 2. The van der Waals surface area contributed by atoms with Crippen LogP contribution >= 0.6 is 15.9 Å². The molecule has 104 valence electrons. The molecule has 0 atom stereocenters. The largest absolute Gasteiger partial charge is 0.497 e. The van der Waals surface area contributed by atoms with E-state index in [0.29, 0.717) is 27.1 Å². The van der Waals surface area contributed by atoms with Crippen LogP contribution in [0.3, 0.4) is 0 Å². The minimum absolute atomic E-state index is 0.242. The summed E-state index contributed by atoms with van der Waals surface area (Å²) in [6.07, 6.45) is 0. The van der Waals surface area contributed by atoms with E-state index in [1.807, 2.05) is 0 Å². The Labute approximate surface area is 124 Å². The number of ketones is 1. The Kier molecular flexibility index (Phi) is 4.39. The van der Waals surface area contributed by atoms with Crippen molar-refractivity contribution < 1.29 is 18.7 Å². The highest BCUT2D eigenvalue weighted by molar-refractivity contribution is 9.10. The Balaban J connectivity index is 2.47. The van der Waals surface area contributed by atoms with Crippen LogP contribution in [0.1, 0.15) is 15.9 Å². The molecule has 5 heteroatoms. The first-order valence-electron chi connectivity index (χ1n) is 5.78. The van der Waals surface area contributed by atoms with Crippen molar-refractivity contribution in [2.24, 2.45) is 0 Å². The summed E-state index contributed by atoms with van der Waals surface area (Å²) in [6, 6.07) is 8.84. The van der Waals surface area contributed by atoms with Gasteiger partial charge in [-0.15, -0.1) is 0 Å². The molecule has 0 aromatic heterocycles. The zero-order valence-electron chi connectivity index (χ0n) is 10.9. The lowest BCUT2D eigenvalue weighted by molar-refractivity contribution is 0.103. The smallest absolute Gasteiger partial charge is 0.194 e. The van der Waals surface area contributed by atoms with Crippen molar-refractivity contribution in [2.45, 2.75) is 0 Å². The van der Waals surface area contributed by atoms with E-state index in [0.717, 1.165) is 0 Å². The normalized spacial score (nSPS) is 10.2. The Hall–Kier alpha value is -1.88. The number of carbonyl (C=O) groups is 1. The summed E-state index contributed by atoms with van der Waals surface area (Å²) in [6.45, 7) is 0. The molecule has 0 radical (unpaired) electrons. The first-order chi connectivity index (χ1) is 9.55. The summed E-state index contributed by atoms with van der Waals surface area (Å²) < 4.78 is 23.7. The summed E-state index contributed by atoms with van der Waals surface area (Å²) in [5.41, 5.74) is 0.787. The lowest BCUT2D eigenvalue weighted by atomic mass is 10.0. The molecule has 0 fully saturated rings. The minimum Gasteiger partial charge on any atom is -0.497 e. The second kappa shape index (κ2) is 6.05. The van der Waals surface area contributed by atoms with Gasteiger partial charge in [-0.2, -0.15) is 0 Å². The molecule has 0 aliphatic rings. The highest BCUT2D eigenvalue weighted by Crippen LogP contribution is 2.27. The fourth-order valence-corrected chi connectivity index (χ4v) is 2.30. The van der Waals surface area contributed by atoms with Crippen LogP contribution in [0.4, 0.5) is 4.39 Å². The maximum Gasteiger partial charge on any atom is 0.194 e. The highest BCUT2D eigenvalue weighted by Gasteiger charge is 2.15. The van der Waals surface area contributed by atoms with E-state index >= 15 is 0 Å². The molecule has 0 heterocycles. The van der Waals surface area contributed by atoms with Crippen LogP contribution in [0.5, 0.6) is 11.5 Å². The maximum absolute atomic E-state index is 13.1. The predicted molar refractivity (Wildman–Crippen MR) is 77.1 cm³/mol. The van der Waals surface area contributed by atoms with Gasteiger partial charge < -0.3 is 9.47 Å². The third-order valence-corrected chi connectivity index (χ3v) is 3.45. The Morgan fingerprint density at radius 3 is 2.15 bits per heavy atom. The molecule has 0 amide bonds. The highest BCUT2D eigenvalue weighted by atomic mass is 79.9. The van der Waals surface area contributed by atoms with Crippen LogP contribution in [0, 0.1) is 5.82 Å². The van der Waals surface area contributed by atoms with Crippen molar-refractivity contribution in [1.29, 1.82) is 0 Å². The average molecular weight is 339 g/mol. The second-order valence-electron chi connectivity index (χ2n) is 4.05. The van der Waals surface area contributed by atoms with Crippen LogP contribution in [0.2, 0.25) is 0 Å². The second-order valence-corrected chi connectivity index (χ2v) is 4.91. The average Bonchev–Trinajstić information content (AvgIpc) is 2.46. The van der Waals surface area contributed by atoms with Crippen LogP contribution < -0.4 is 9.47 Å². The van der Waals surface area contributed by atoms with Crippen molar-refractivity contribution in [3.63, 3.8) is 0 Å². The molecular weight excluding hydrogens is 327 g/mol. The molecule has 0 spiro atoms. The van der Waals surface area contributed by atoms with Crippen molar-refractivity contribution in [3.05, 3.63) is 57.8 Å². The topological polar surface area (TPSA) is 35.5 Å². The van der Waals surface area contributed by atoms with E-state index in [4.69, 9.17) is 9.47 Å². The number of ether oxygens (including phenoxy) is 2. The van der Waals surface area contributed by atoms with E-state index in [-0.39, 0.29) is 5.78 Å². The lowest BCUT2D eigenvalue weighted by Crippen LogP contribution is -2.04. The SMILES string of the molecule is COc1cc(OC)cc(C(=O)c2ccc(F)cc2Br)c1. The molecule has 0 saturated heterocycles. The molecule has 2 aromatic carbocycles. The monoisotopic (exact) mass is 338 g/mol. The van der Waals surface area contributed by atoms with Gasteiger partial charge in [0.05, 0.1) is 14.2 Å². The number of hydrogen-bond donors (Lipinski definition) is 0. The molecule has 0 unspecified atom stereocenters. The molecule has 0 aliphatic heterocycles. The van der Waals surface area contributed by atoms with Gasteiger partial charge >= 0.3 is 0 Å². The summed E-state index contributed by atoms with van der Waals surface area (Å²) in [4.78, 5) is 12.5. The maximum atomic E-state index is 13.1.